The number of nitrogens with zero attached hydrogens (tertiary/aromatic N) is 1. The van der Waals surface area contributed by atoms with E-state index in [4.69, 9.17) is 9.47 Å². The number of halogens is 1. The third kappa shape index (κ3) is 9.02. The second kappa shape index (κ2) is 11.8. The lowest BCUT2D eigenvalue weighted by Crippen LogP contribution is -2.48. The number of ether oxygens (including phenoxy) is 2. The van der Waals surface area contributed by atoms with E-state index in [1.807, 2.05) is 40.7 Å². The van der Waals surface area contributed by atoms with Gasteiger partial charge in [0.05, 0.1) is 13.2 Å². The number of rotatable bonds is 7. The Hall–Kier alpha value is -2.51. The number of nitrogens with one attached hydrogen (secondary N) is 3. The summed E-state index contributed by atoms with van der Waals surface area (Å²) in [6.45, 7) is 10.9. The molecule has 1 aromatic rings. The predicted molar refractivity (Wildman–Crippen MR) is 121 cm³/mol. The van der Waals surface area contributed by atoms with Crippen molar-refractivity contribution < 1.29 is 18.7 Å². The molecular weight excluding hydrogens is 399 g/mol. The predicted octanol–water partition coefficient (Wildman–Crippen LogP) is 4.12. The molecule has 7 nitrogen and oxygen atoms in total. The maximum Gasteiger partial charge on any atom is 0.407 e. The zero-order valence-corrected chi connectivity index (χ0v) is 19.4. The van der Waals surface area contributed by atoms with Crippen molar-refractivity contribution in [3.05, 3.63) is 29.6 Å². The fourth-order valence-electron chi connectivity index (χ4n) is 3.46. The molecule has 1 saturated carbocycles. The van der Waals surface area contributed by atoms with E-state index < -0.39 is 5.60 Å². The highest BCUT2D eigenvalue weighted by Crippen LogP contribution is 2.20. The molecule has 0 bridgehead atoms. The molecule has 1 aromatic carbocycles. The Labute approximate surface area is 185 Å². The van der Waals surface area contributed by atoms with Crippen LogP contribution in [0.25, 0.3) is 0 Å². The summed E-state index contributed by atoms with van der Waals surface area (Å²) in [5, 5.41) is 9.67. The van der Waals surface area contributed by atoms with E-state index in [0.29, 0.717) is 19.1 Å². The summed E-state index contributed by atoms with van der Waals surface area (Å²) < 4.78 is 24.6. The highest BCUT2D eigenvalue weighted by atomic mass is 19.1. The normalized spacial score (nSPS) is 19.5. The number of hydrogen-bond donors (Lipinski definition) is 3. The minimum absolute atomic E-state index is 0.124. The summed E-state index contributed by atoms with van der Waals surface area (Å²) in [6.07, 6.45) is 3.23. The van der Waals surface area contributed by atoms with Gasteiger partial charge < -0.3 is 25.4 Å². The fourth-order valence-corrected chi connectivity index (χ4v) is 3.46. The highest BCUT2D eigenvalue weighted by Gasteiger charge is 2.25. The summed E-state index contributed by atoms with van der Waals surface area (Å²) in [6, 6.07) is 5.33. The number of guanidine groups is 1. The first kappa shape index (κ1) is 24.8. The molecule has 1 aliphatic rings. The molecule has 0 radical (unpaired) electrons. The molecule has 8 heteroatoms. The number of aliphatic imine (C=N–C) groups is 1. The Balaban J connectivity index is 1.85. The van der Waals surface area contributed by atoms with Crippen LogP contribution in [0.2, 0.25) is 0 Å². The number of hydrogen-bond acceptors (Lipinski definition) is 4. The van der Waals surface area contributed by atoms with Crippen LogP contribution >= 0.6 is 0 Å². The Kier molecular flexibility index (Phi) is 9.40. The van der Waals surface area contributed by atoms with Gasteiger partial charge in [-0.05, 0) is 78.0 Å². The van der Waals surface area contributed by atoms with Gasteiger partial charge in [-0.3, -0.25) is 0 Å². The van der Waals surface area contributed by atoms with Gasteiger partial charge in [-0.1, -0.05) is 6.07 Å². The van der Waals surface area contributed by atoms with E-state index in [0.717, 1.165) is 37.8 Å². The minimum atomic E-state index is -0.494. The lowest BCUT2D eigenvalue weighted by atomic mass is 9.91. The van der Waals surface area contributed by atoms with E-state index >= 15 is 0 Å². The number of carbonyl (C=O) groups is 1. The SMILES string of the molecule is CCNC(=NCc1ccc(OCC)c(F)c1)NC1CCC(NC(=O)OC(C)(C)C)CC1. The van der Waals surface area contributed by atoms with Gasteiger partial charge in [0, 0.05) is 18.6 Å². The molecule has 2 rings (SSSR count). The van der Waals surface area contributed by atoms with Crippen molar-refractivity contribution in [1.29, 1.82) is 0 Å². The van der Waals surface area contributed by atoms with Crippen molar-refractivity contribution in [2.45, 2.75) is 84.5 Å². The Morgan fingerprint density at radius 1 is 1.13 bits per heavy atom. The first-order valence-corrected chi connectivity index (χ1v) is 11.2. The zero-order chi connectivity index (χ0) is 22.9. The third-order valence-corrected chi connectivity index (χ3v) is 4.85. The molecule has 174 valence electrons. The van der Waals surface area contributed by atoms with Gasteiger partial charge in [-0.25, -0.2) is 14.2 Å². The number of benzene rings is 1. The second-order valence-corrected chi connectivity index (χ2v) is 8.73. The molecule has 0 unspecified atom stereocenters. The van der Waals surface area contributed by atoms with Gasteiger partial charge in [-0.2, -0.15) is 0 Å². The molecular formula is C23H37FN4O3. The van der Waals surface area contributed by atoms with Crippen LogP contribution in [0.1, 0.15) is 65.9 Å². The van der Waals surface area contributed by atoms with Crippen molar-refractivity contribution in [2.75, 3.05) is 13.2 Å². The average molecular weight is 437 g/mol. The van der Waals surface area contributed by atoms with Crippen molar-refractivity contribution in [3.8, 4) is 5.75 Å². The van der Waals surface area contributed by atoms with Crippen LogP contribution < -0.4 is 20.7 Å². The lowest BCUT2D eigenvalue weighted by Gasteiger charge is -2.31. The molecule has 3 N–H and O–H groups in total. The molecule has 0 saturated heterocycles. The Bertz CT molecular complexity index is 741. The van der Waals surface area contributed by atoms with E-state index in [-0.39, 0.29) is 29.7 Å². The van der Waals surface area contributed by atoms with Crippen LogP contribution in [-0.4, -0.2) is 42.9 Å². The van der Waals surface area contributed by atoms with E-state index in [2.05, 4.69) is 20.9 Å². The largest absolute Gasteiger partial charge is 0.491 e. The Morgan fingerprint density at radius 2 is 1.77 bits per heavy atom. The summed E-state index contributed by atoms with van der Waals surface area (Å²) in [7, 11) is 0. The van der Waals surface area contributed by atoms with Crippen molar-refractivity contribution in [1.82, 2.24) is 16.0 Å². The van der Waals surface area contributed by atoms with Gasteiger partial charge in [0.15, 0.2) is 17.5 Å². The van der Waals surface area contributed by atoms with Gasteiger partial charge in [0.2, 0.25) is 0 Å². The Morgan fingerprint density at radius 3 is 2.32 bits per heavy atom. The third-order valence-electron chi connectivity index (χ3n) is 4.85. The van der Waals surface area contributed by atoms with Crippen LogP contribution in [0.3, 0.4) is 0 Å². The average Bonchev–Trinajstić information content (AvgIpc) is 2.68. The van der Waals surface area contributed by atoms with Crippen molar-refractivity contribution in [2.24, 2.45) is 4.99 Å². The molecule has 1 aliphatic carbocycles. The molecule has 1 amide bonds. The lowest BCUT2D eigenvalue weighted by molar-refractivity contribution is 0.0490. The van der Waals surface area contributed by atoms with Crippen LogP contribution in [-0.2, 0) is 11.3 Å². The van der Waals surface area contributed by atoms with Crippen molar-refractivity contribution >= 4 is 12.1 Å². The van der Waals surface area contributed by atoms with Gasteiger partial charge in [0.1, 0.15) is 5.60 Å². The minimum Gasteiger partial charge on any atom is -0.491 e. The van der Waals surface area contributed by atoms with Crippen LogP contribution in [0.15, 0.2) is 23.2 Å². The smallest absolute Gasteiger partial charge is 0.407 e. The van der Waals surface area contributed by atoms with E-state index in [1.165, 1.54) is 6.07 Å². The molecule has 0 atom stereocenters. The maximum atomic E-state index is 14.1. The van der Waals surface area contributed by atoms with Gasteiger partial charge >= 0.3 is 6.09 Å². The van der Waals surface area contributed by atoms with E-state index in [1.54, 1.807) is 6.07 Å². The van der Waals surface area contributed by atoms with Crippen LogP contribution in [0.5, 0.6) is 5.75 Å². The van der Waals surface area contributed by atoms with Crippen LogP contribution in [0, 0.1) is 5.82 Å². The maximum absolute atomic E-state index is 14.1. The van der Waals surface area contributed by atoms with Crippen LogP contribution in [0.4, 0.5) is 9.18 Å². The molecule has 0 aromatic heterocycles. The zero-order valence-electron chi connectivity index (χ0n) is 19.4. The first-order chi connectivity index (χ1) is 14.7. The standard InChI is InChI=1S/C23H37FN4O3/c1-6-25-21(26-15-16-8-13-20(30-7-2)19(24)14-16)27-17-9-11-18(12-10-17)28-22(29)31-23(3,4)5/h8,13-14,17-18H,6-7,9-12,15H2,1-5H3,(H,28,29)(H2,25,26,27). The quantitative estimate of drug-likeness (QED) is 0.442. The molecule has 31 heavy (non-hydrogen) atoms. The van der Waals surface area contributed by atoms with Gasteiger partial charge in [0.25, 0.3) is 0 Å². The number of carbonyl (C=O) groups excluding carboxylic acids is 1. The molecule has 0 heterocycles. The summed E-state index contributed by atoms with van der Waals surface area (Å²) in [5.41, 5.74) is 0.287. The van der Waals surface area contributed by atoms with Crippen molar-refractivity contribution in [3.63, 3.8) is 0 Å². The first-order valence-electron chi connectivity index (χ1n) is 11.2. The number of amides is 1. The topological polar surface area (TPSA) is 84.0 Å². The summed E-state index contributed by atoms with van der Waals surface area (Å²) in [4.78, 5) is 16.6. The highest BCUT2D eigenvalue weighted by molar-refractivity contribution is 5.80. The van der Waals surface area contributed by atoms with Gasteiger partial charge in [-0.15, -0.1) is 0 Å². The summed E-state index contributed by atoms with van der Waals surface area (Å²) in [5.74, 6) is 0.598. The fraction of sp³-hybridized carbons (Fsp3) is 0.652. The monoisotopic (exact) mass is 436 g/mol. The molecule has 0 aliphatic heterocycles. The summed E-state index contributed by atoms with van der Waals surface area (Å²) >= 11 is 0. The van der Waals surface area contributed by atoms with E-state index in [9.17, 15) is 9.18 Å². The number of alkyl carbamates (subject to hydrolysis) is 1. The second-order valence-electron chi connectivity index (χ2n) is 8.73. The molecule has 0 spiro atoms. The molecule has 1 fully saturated rings.